The Kier molecular flexibility index (Phi) is 7.32. The topological polar surface area (TPSA) is 95.9 Å². The number of nitrogens with zero attached hydrogens (tertiary/aromatic N) is 5. The minimum atomic E-state index is -0.796. The van der Waals surface area contributed by atoms with Gasteiger partial charge in [0.25, 0.3) is 0 Å². The van der Waals surface area contributed by atoms with Gasteiger partial charge in [0, 0.05) is 48.7 Å². The zero-order chi connectivity index (χ0) is 34.2. The highest BCUT2D eigenvalue weighted by Crippen LogP contribution is 2.45. The van der Waals surface area contributed by atoms with Crippen molar-refractivity contribution in [2.75, 3.05) is 44.8 Å². The lowest BCUT2D eigenvalue weighted by molar-refractivity contribution is 0.108. The van der Waals surface area contributed by atoms with Crippen LogP contribution >= 0.6 is 0 Å². The third-order valence-corrected chi connectivity index (χ3v) is 10.9. The summed E-state index contributed by atoms with van der Waals surface area (Å²) in [7, 11) is 1.45. The number of ether oxygens (including phenoxy) is 2. The number of phenols is 1. The molecule has 8 rings (SSSR count). The number of aromatic nitrogens is 3. The normalized spacial score (nSPS) is 23.0. The maximum atomic E-state index is 17.2. The van der Waals surface area contributed by atoms with Crippen LogP contribution in [-0.4, -0.2) is 82.0 Å². The van der Waals surface area contributed by atoms with E-state index in [1.54, 1.807) is 0 Å². The first-order valence-corrected chi connectivity index (χ1v) is 16.7. The number of hydrogen-bond donors (Lipinski definition) is 2. The van der Waals surface area contributed by atoms with Gasteiger partial charge in [-0.2, -0.15) is 9.97 Å². The van der Waals surface area contributed by atoms with Gasteiger partial charge >= 0.3 is 6.01 Å². The highest BCUT2D eigenvalue weighted by atomic mass is 19.1. The Morgan fingerprint density at radius 3 is 2.61 bits per heavy atom. The summed E-state index contributed by atoms with van der Waals surface area (Å²) in [5.74, 6) is 1.34. The Hall–Kier alpha value is -4.79. The van der Waals surface area contributed by atoms with Crippen molar-refractivity contribution in [1.29, 1.82) is 0 Å². The minimum absolute atomic E-state index is 0.0255. The first kappa shape index (κ1) is 31.5. The zero-order valence-corrected chi connectivity index (χ0v) is 27.7. The summed E-state index contributed by atoms with van der Waals surface area (Å²) in [4.78, 5) is 18.8. The van der Waals surface area contributed by atoms with Gasteiger partial charge in [-0.15, -0.1) is 6.42 Å². The predicted octanol–water partition coefficient (Wildman–Crippen LogP) is 5.88. The molecule has 2 N–H and O–H groups in total. The first-order chi connectivity index (χ1) is 23.6. The quantitative estimate of drug-likeness (QED) is 0.186. The second kappa shape index (κ2) is 11.4. The third-order valence-electron chi connectivity index (χ3n) is 10.9. The molecule has 2 unspecified atom stereocenters. The number of fused-ring (bicyclic) bond motifs is 5. The van der Waals surface area contributed by atoms with Crippen molar-refractivity contribution in [3.8, 4) is 41.2 Å². The van der Waals surface area contributed by atoms with Crippen LogP contribution in [0.3, 0.4) is 0 Å². The van der Waals surface area contributed by atoms with E-state index in [9.17, 15) is 5.11 Å². The first-order valence-electron chi connectivity index (χ1n) is 16.7. The van der Waals surface area contributed by atoms with Crippen molar-refractivity contribution < 1.29 is 23.4 Å². The summed E-state index contributed by atoms with van der Waals surface area (Å²) in [6, 6.07) is 5.74. The number of methoxy groups -OCH3 is 1. The molecule has 49 heavy (non-hydrogen) atoms. The number of rotatable bonds is 7. The van der Waals surface area contributed by atoms with E-state index in [-0.39, 0.29) is 69.1 Å². The molecule has 2 aromatic heterocycles. The molecule has 4 aromatic rings. The Labute approximate surface area is 283 Å². The van der Waals surface area contributed by atoms with Gasteiger partial charge in [-0.1, -0.05) is 43.2 Å². The Morgan fingerprint density at radius 2 is 1.90 bits per heavy atom. The molecule has 4 fully saturated rings. The molecule has 4 saturated heterocycles. The molecule has 2 bridgehead atoms. The van der Waals surface area contributed by atoms with Crippen LogP contribution in [0, 0.1) is 24.0 Å². The van der Waals surface area contributed by atoms with Crippen LogP contribution < -0.4 is 19.7 Å². The predicted molar refractivity (Wildman–Crippen MR) is 185 cm³/mol. The maximum absolute atomic E-state index is 17.2. The van der Waals surface area contributed by atoms with Crippen molar-refractivity contribution >= 4 is 27.5 Å². The summed E-state index contributed by atoms with van der Waals surface area (Å²) in [6.45, 7) is 13.8. The van der Waals surface area contributed by atoms with E-state index in [0.29, 0.717) is 29.7 Å². The fourth-order valence-corrected chi connectivity index (χ4v) is 8.67. The maximum Gasteiger partial charge on any atom is 0.319 e. The third kappa shape index (κ3) is 4.99. The molecule has 2 atom stereocenters. The Balaban J connectivity index is 1.33. The van der Waals surface area contributed by atoms with Crippen LogP contribution in [0.1, 0.15) is 44.6 Å². The highest BCUT2D eigenvalue weighted by molar-refractivity contribution is 6.04. The molecule has 0 aliphatic carbocycles. The number of phenolic OH excluding ortho intramolecular Hbond substituents is 1. The Morgan fingerprint density at radius 1 is 1.12 bits per heavy atom. The molecule has 0 radical (unpaired) electrons. The number of piperazine rings is 1. The lowest BCUT2D eigenvalue weighted by atomic mass is 9.92. The van der Waals surface area contributed by atoms with Crippen LogP contribution in [-0.2, 0) is 0 Å². The van der Waals surface area contributed by atoms with Crippen molar-refractivity contribution in [2.24, 2.45) is 0 Å². The SMILES string of the molecule is C#Cc1c(F)ccc2cc(O)cc(-c3nc(OC)c4c(N5CC6CCC(CC)(C5)N6)nc(OCC56CC(=C)CN5CC(=C)C6)nc4c3F)c12. The summed E-state index contributed by atoms with van der Waals surface area (Å²) >= 11 is 0. The van der Waals surface area contributed by atoms with Gasteiger partial charge in [0.15, 0.2) is 5.82 Å². The number of pyridine rings is 1. The smallest absolute Gasteiger partial charge is 0.319 e. The molecule has 0 spiro atoms. The molecular formula is C38H38F2N6O3. The number of benzene rings is 2. The summed E-state index contributed by atoms with van der Waals surface area (Å²) in [6.07, 6.45) is 10.2. The molecule has 9 nitrogen and oxygen atoms in total. The standard InChI is InChI=1S/C38H38F2N6O3/c1-6-26-28(39)9-8-23-12-25(47)13-27(29(23)26)32-31(40)33-30(35(41-32)48-5)34(45-18-24-10-11-37(7-2,19-45)44-24)43-36(42-33)49-20-38-14-21(3)16-46(38)17-22(4)15-38/h1,8-9,12-13,24,44,47H,3-4,7,10-11,14-20H2,2,5H3. The molecule has 0 amide bonds. The summed E-state index contributed by atoms with van der Waals surface area (Å²) < 4.78 is 44.5. The van der Waals surface area contributed by atoms with Crippen LogP contribution in [0.5, 0.6) is 17.6 Å². The van der Waals surface area contributed by atoms with E-state index in [0.717, 1.165) is 56.3 Å². The molecule has 0 saturated carbocycles. The molecule has 2 aromatic carbocycles. The van der Waals surface area contributed by atoms with E-state index in [2.05, 4.69) is 51.1 Å². The van der Waals surface area contributed by atoms with Crippen LogP contribution in [0.4, 0.5) is 14.6 Å². The van der Waals surface area contributed by atoms with E-state index in [1.807, 2.05) is 0 Å². The molecule has 252 valence electrons. The fourth-order valence-electron chi connectivity index (χ4n) is 8.67. The fraction of sp³-hybridized carbons (Fsp3) is 0.395. The van der Waals surface area contributed by atoms with E-state index >= 15 is 8.78 Å². The van der Waals surface area contributed by atoms with Gasteiger partial charge in [-0.25, -0.2) is 13.8 Å². The second-order valence-electron chi connectivity index (χ2n) is 14.1. The van der Waals surface area contributed by atoms with E-state index in [4.69, 9.17) is 20.9 Å². The number of nitrogens with one attached hydrogen (secondary N) is 1. The van der Waals surface area contributed by atoms with Gasteiger partial charge in [0.1, 0.15) is 40.6 Å². The average molecular weight is 665 g/mol. The van der Waals surface area contributed by atoms with Crippen molar-refractivity contribution in [1.82, 2.24) is 25.2 Å². The Bertz CT molecular complexity index is 2110. The minimum Gasteiger partial charge on any atom is -0.508 e. The van der Waals surface area contributed by atoms with Crippen LogP contribution in [0.15, 0.2) is 48.6 Å². The van der Waals surface area contributed by atoms with Gasteiger partial charge in [-0.3, -0.25) is 4.90 Å². The van der Waals surface area contributed by atoms with Gasteiger partial charge in [0.2, 0.25) is 5.88 Å². The van der Waals surface area contributed by atoms with Crippen LogP contribution in [0.2, 0.25) is 0 Å². The number of halogens is 2. The van der Waals surface area contributed by atoms with Gasteiger partial charge in [0.05, 0.1) is 18.2 Å². The zero-order valence-electron chi connectivity index (χ0n) is 27.7. The van der Waals surface area contributed by atoms with E-state index < -0.39 is 11.6 Å². The van der Waals surface area contributed by atoms with Gasteiger partial charge in [-0.05, 0) is 55.7 Å². The highest BCUT2D eigenvalue weighted by Gasteiger charge is 2.48. The average Bonchev–Trinajstić information content (AvgIpc) is 3.68. The largest absolute Gasteiger partial charge is 0.508 e. The lowest BCUT2D eigenvalue weighted by Gasteiger charge is -2.42. The molecular weight excluding hydrogens is 626 g/mol. The molecule has 11 heteroatoms. The molecule has 4 aliphatic rings. The number of hydrogen-bond acceptors (Lipinski definition) is 9. The molecule has 6 heterocycles. The molecule has 4 aliphatic heterocycles. The van der Waals surface area contributed by atoms with Crippen molar-refractivity contribution in [2.45, 2.75) is 56.1 Å². The monoisotopic (exact) mass is 664 g/mol. The van der Waals surface area contributed by atoms with Crippen LogP contribution in [0.25, 0.3) is 32.9 Å². The number of anilines is 1. The lowest BCUT2D eigenvalue weighted by Crippen LogP contribution is -2.59. The van der Waals surface area contributed by atoms with E-state index in [1.165, 1.54) is 31.4 Å². The van der Waals surface area contributed by atoms with Gasteiger partial charge < -0.3 is 24.8 Å². The summed E-state index contributed by atoms with van der Waals surface area (Å²) in [5, 5.41) is 15.4. The summed E-state index contributed by atoms with van der Waals surface area (Å²) in [5.41, 5.74) is 1.62. The number of aromatic hydroxyl groups is 1. The van der Waals surface area contributed by atoms with Crippen molar-refractivity contribution in [3.63, 3.8) is 0 Å². The van der Waals surface area contributed by atoms with Crippen molar-refractivity contribution in [3.05, 3.63) is 65.8 Å². The second-order valence-corrected chi connectivity index (χ2v) is 14.1. The number of terminal acetylenes is 1.